The molecule has 0 fully saturated rings. The van der Waals surface area contributed by atoms with Gasteiger partial charge in [0.2, 0.25) is 0 Å². The van der Waals surface area contributed by atoms with E-state index in [1.807, 2.05) is 13.8 Å². The van der Waals surface area contributed by atoms with Crippen LogP contribution in [0.2, 0.25) is 5.02 Å². The maximum Gasteiger partial charge on any atom is 0.339 e. The van der Waals surface area contributed by atoms with Crippen molar-refractivity contribution >= 4 is 17.6 Å². The monoisotopic (exact) mass is 228 g/mol. The maximum absolute atomic E-state index is 11.3. The lowest BCUT2D eigenvalue weighted by Gasteiger charge is -2.09. The molecule has 1 aromatic carbocycles. The van der Waals surface area contributed by atoms with E-state index < -0.39 is 5.97 Å². The van der Waals surface area contributed by atoms with E-state index in [0.29, 0.717) is 22.9 Å². The molecule has 0 unspecified atom stereocenters. The molecule has 15 heavy (non-hydrogen) atoms. The van der Waals surface area contributed by atoms with Crippen molar-refractivity contribution in [3.63, 3.8) is 0 Å². The molecule has 1 aromatic rings. The number of ether oxygens (including phenoxy) is 2. The number of rotatable bonds is 3. The van der Waals surface area contributed by atoms with Crippen LogP contribution in [-0.2, 0) is 4.74 Å². The molecule has 4 heteroatoms. The topological polar surface area (TPSA) is 35.5 Å². The molecule has 0 saturated carbocycles. The summed E-state index contributed by atoms with van der Waals surface area (Å²) in [5.41, 5.74) is 1.22. The van der Waals surface area contributed by atoms with Crippen LogP contribution in [0.4, 0.5) is 0 Å². The van der Waals surface area contributed by atoms with Gasteiger partial charge in [-0.1, -0.05) is 11.6 Å². The van der Waals surface area contributed by atoms with Crippen molar-refractivity contribution in [3.8, 4) is 5.75 Å². The van der Waals surface area contributed by atoms with E-state index >= 15 is 0 Å². The maximum atomic E-state index is 11.3. The smallest absolute Gasteiger partial charge is 0.339 e. The van der Waals surface area contributed by atoms with Crippen LogP contribution in [0.1, 0.15) is 22.8 Å². The van der Waals surface area contributed by atoms with Crippen LogP contribution in [0.5, 0.6) is 5.75 Å². The Morgan fingerprint density at radius 3 is 2.67 bits per heavy atom. The van der Waals surface area contributed by atoms with Crippen LogP contribution in [0.15, 0.2) is 12.1 Å². The second kappa shape index (κ2) is 5.03. The summed E-state index contributed by atoms with van der Waals surface area (Å²) in [7, 11) is 1.32. The molecule has 0 radical (unpaired) electrons. The van der Waals surface area contributed by atoms with Crippen molar-refractivity contribution in [3.05, 3.63) is 28.3 Å². The SMILES string of the molecule is CCOc1cc(Cl)c(C(=O)OC)cc1C. The predicted molar refractivity (Wildman–Crippen MR) is 58.7 cm³/mol. The molecule has 0 heterocycles. The summed E-state index contributed by atoms with van der Waals surface area (Å²) in [6.45, 7) is 4.31. The number of methoxy groups -OCH3 is 1. The van der Waals surface area contributed by atoms with Crippen LogP contribution in [0.25, 0.3) is 0 Å². The lowest BCUT2D eigenvalue weighted by Crippen LogP contribution is -2.04. The standard InChI is InChI=1S/C11H13ClO3/c1-4-15-10-6-9(12)8(5-7(10)2)11(13)14-3/h5-6H,4H2,1-3H3. The average molecular weight is 229 g/mol. The molecule has 0 aliphatic heterocycles. The number of aryl methyl sites for hydroxylation is 1. The minimum absolute atomic E-state index is 0.343. The molecule has 0 spiro atoms. The van der Waals surface area contributed by atoms with E-state index in [1.54, 1.807) is 12.1 Å². The number of hydrogen-bond acceptors (Lipinski definition) is 3. The molecule has 0 amide bonds. The van der Waals surface area contributed by atoms with Gasteiger partial charge >= 0.3 is 5.97 Å². The van der Waals surface area contributed by atoms with Crippen LogP contribution in [0.3, 0.4) is 0 Å². The van der Waals surface area contributed by atoms with Gasteiger partial charge in [-0.05, 0) is 31.5 Å². The van der Waals surface area contributed by atoms with Crippen LogP contribution >= 0.6 is 11.6 Å². The van der Waals surface area contributed by atoms with Crippen molar-refractivity contribution in [1.29, 1.82) is 0 Å². The minimum Gasteiger partial charge on any atom is -0.494 e. The zero-order valence-corrected chi connectivity index (χ0v) is 9.72. The second-order valence-corrected chi connectivity index (χ2v) is 3.43. The van der Waals surface area contributed by atoms with Gasteiger partial charge in [-0.2, -0.15) is 0 Å². The Hall–Kier alpha value is -1.22. The van der Waals surface area contributed by atoms with Crippen LogP contribution < -0.4 is 4.74 Å². The van der Waals surface area contributed by atoms with Gasteiger partial charge in [-0.25, -0.2) is 4.79 Å². The minimum atomic E-state index is -0.439. The van der Waals surface area contributed by atoms with Crippen molar-refractivity contribution in [2.75, 3.05) is 13.7 Å². The lowest BCUT2D eigenvalue weighted by atomic mass is 10.1. The normalized spacial score (nSPS) is 9.87. The molecule has 0 N–H and O–H groups in total. The molecule has 0 aromatic heterocycles. The molecule has 0 atom stereocenters. The molecule has 0 saturated heterocycles. The zero-order valence-electron chi connectivity index (χ0n) is 8.96. The first-order valence-corrected chi connectivity index (χ1v) is 4.99. The van der Waals surface area contributed by atoms with E-state index in [1.165, 1.54) is 7.11 Å². The zero-order chi connectivity index (χ0) is 11.4. The third-order valence-electron chi connectivity index (χ3n) is 1.97. The number of benzene rings is 1. The fraction of sp³-hybridized carbons (Fsp3) is 0.364. The van der Waals surface area contributed by atoms with Gasteiger partial charge < -0.3 is 9.47 Å². The Morgan fingerprint density at radius 1 is 1.47 bits per heavy atom. The van der Waals surface area contributed by atoms with Crippen molar-refractivity contribution in [2.45, 2.75) is 13.8 Å². The third kappa shape index (κ3) is 2.63. The summed E-state index contributed by atoms with van der Waals surface area (Å²) < 4.78 is 9.96. The first-order valence-electron chi connectivity index (χ1n) is 4.61. The summed E-state index contributed by atoms with van der Waals surface area (Å²) in [5.74, 6) is 0.251. The van der Waals surface area contributed by atoms with Crippen LogP contribution in [-0.4, -0.2) is 19.7 Å². The Kier molecular flexibility index (Phi) is 3.97. The van der Waals surface area contributed by atoms with Crippen molar-refractivity contribution in [2.24, 2.45) is 0 Å². The van der Waals surface area contributed by atoms with E-state index in [0.717, 1.165) is 5.56 Å². The van der Waals surface area contributed by atoms with Crippen molar-refractivity contribution < 1.29 is 14.3 Å². The van der Waals surface area contributed by atoms with E-state index in [9.17, 15) is 4.79 Å². The van der Waals surface area contributed by atoms with Gasteiger partial charge in [0.1, 0.15) is 5.75 Å². The van der Waals surface area contributed by atoms with Crippen LogP contribution in [0, 0.1) is 6.92 Å². The Labute approximate surface area is 93.9 Å². The number of carbonyl (C=O) groups excluding carboxylic acids is 1. The van der Waals surface area contributed by atoms with E-state index in [2.05, 4.69) is 4.74 Å². The molecule has 0 bridgehead atoms. The summed E-state index contributed by atoms with van der Waals surface area (Å²) in [4.78, 5) is 11.3. The summed E-state index contributed by atoms with van der Waals surface area (Å²) in [6.07, 6.45) is 0. The van der Waals surface area contributed by atoms with Gasteiger partial charge in [-0.3, -0.25) is 0 Å². The Balaban J connectivity index is 3.13. The first kappa shape index (κ1) is 11.9. The molecule has 0 aliphatic carbocycles. The van der Waals surface area contributed by atoms with Gasteiger partial charge in [0.25, 0.3) is 0 Å². The van der Waals surface area contributed by atoms with E-state index in [-0.39, 0.29) is 0 Å². The summed E-state index contributed by atoms with van der Waals surface area (Å²) >= 11 is 5.93. The fourth-order valence-corrected chi connectivity index (χ4v) is 1.47. The molecular formula is C11H13ClO3. The Bertz CT molecular complexity index is 374. The number of halogens is 1. The second-order valence-electron chi connectivity index (χ2n) is 3.02. The quantitative estimate of drug-likeness (QED) is 0.747. The fourth-order valence-electron chi connectivity index (χ4n) is 1.24. The average Bonchev–Trinajstić information content (AvgIpc) is 2.22. The van der Waals surface area contributed by atoms with Gasteiger partial charge in [0.05, 0.1) is 24.3 Å². The first-order chi connectivity index (χ1) is 7.10. The number of hydrogen-bond donors (Lipinski definition) is 0. The highest BCUT2D eigenvalue weighted by atomic mass is 35.5. The number of esters is 1. The van der Waals surface area contributed by atoms with Gasteiger partial charge in [0, 0.05) is 0 Å². The highest BCUT2D eigenvalue weighted by molar-refractivity contribution is 6.33. The largest absolute Gasteiger partial charge is 0.494 e. The molecule has 1 rings (SSSR count). The molecule has 0 aliphatic rings. The van der Waals surface area contributed by atoms with E-state index in [4.69, 9.17) is 16.3 Å². The summed E-state index contributed by atoms with van der Waals surface area (Å²) in [5, 5.41) is 0.343. The lowest BCUT2D eigenvalue weighted by molar-refractivity contribution is 0.0601. The third-order valence-corrected chi connectivity index (χ3v) is 2.28. The van der Waals surface area contributed by atoms with Crippen molar-refractivity contribution in [1.82, 2.24) is 0 Å². The molecular weight excluding hydrogens is 216 g/mol. The van der Waals surface area contributed by atoms with Gasteiger partial charge in [0.15, 0.2) is 0 Å². The number of carbonyl (C=O) groups is 1. The molecule has 82 valence electrons. The highest BCUT2D eigenvalue weighted by Gasteiger charge is 2.13. The summed E-state index contributed by atoms with van der Waals surface area (Å²) in [6, 6.07) is 3.30. The van der Waals surface area contributed by atoms with Gasteiger partial charge in [-0.15, -0.1) is 0 Å². The highest BCUT2D eigenvalue weighted by Crippen LogP contribution is 2.27. The Morgan fingerprint density at radius 2 is 2.13 bits per heavy atom. The molecule has 3 nitrogen and oxygen atoms in total. The predicted octanol–water partition coefficient (Wildman–Crippen LogP) is 2.83.